The first kappa shape index (κ1) is 17.4. The van der Waals surface area contributed by atoms with Crippen LogP contribution in [0.4, 0.5) is 5.69 Å². The third kappa shape index (κ3) is 4.14. The molecule has 1 aromatic heterocycles. The summed E-state index contributed by atoms with van der Waals surface area (Å²) in [6.45, 7) is 1.86. The van der Waals surface area contributed by atoms with Gasteiger partial charge in [-0.3, -0.25) is 4.79 Å². The minimum Gasteiger partial charge on any atom is -0.308 e. The van der Waals surface area contributed by atoms with Gasteiger partial charge in [0, 0.05) is 5.69 Å². The fourth-order valence-electron chi connectivity index (χ4n) is 2.66. The fourth-order valence-corrected chi connectivity index (χ4v) is 6.03. The number of amides is 1. The van der Waals surface area contributed by atoms with Crippen molar-refractivity contribution in [1.82, 2.24) is 10.2 Å². The van der Waals surface area contributed by atoms with Gasteiger partial charge < -0.3 is 4.90 Å². The second-order valence-electron chi connectivity index (χ2n) is 5.53. The lowest BCUT2D eigenvalue weighted by atomic mass is 10.2. The van der Waals surface area contributed by atoms with Crippen LogP contribution in [0.25, 0.3) is 0 Å². The topological polar surface area (TPSA) is 80.2 Å². The largest absolute Gasteiger partial charge is 0.308 e. The molecule has 3 rings (SSSR count). The minimum atomic E-state index is -3.07. The van der Waals surface area contributed by atoms with E-state index in [0.717, 1.165) is 15.0 Å². The molecule has 6 nitrogen and oxygen atoms in total. The molecule has 2 heterocycles. The molecule has 0 radical (unpaired) electrons. The Kier molecular flexibility index (Phi) is 5.21. The Hall–Kier alpha value is -1.45. The number of para-hydroxylation sites is 1. The van der Waals surface area contributed by atoms with Crippen LogP contribution in [-0.2, 0) is 14.6 Å². The molecule has 1 saturated heterocycles. The number of aryl methyl sites for hydroxylation is 1. The molecular formula is C15H17N3O3S3. The van der Waals surface area contributed by atoms with E-state index >= 15 is 0 Å². The van der Waals surface area contributed by atoms with Crippen LogP contribution in [-0.4, -0.2) is 47.8 Å². The van der Waals surface area contributed by atoms with Crippen molar-refractivity contribution in [2.24, 2.45) is 0 Å². The molecule has 0 unspecified atom stereocenters. The van der Waals surface area contributed by atoms with E-state index < -0.39 is 9.84 Å². The molecule has 1 amide bonds. The number of anilines is 1. The number of rotatable bonds is 5. The van der Waals surface area contributed by atoms with Crippen LogP contribution in [0.2, 0.25) is 0 Å². The maximum Gasteiger partial charge on any atom is 0.237 e. The Labute approximate surface area is 149 Å². The molecule has 0 saturated carbocycles. The van der Waals surface area contributed by atoms with E-state index in [1.165, 1.54) is 23.1 Å². The van der Waals surface area contributed by atoms with Gasteiger partial charge in [-0.25, -0.2) is 8.42 Å². The van der Waals surface area contributed by atoms with Gasteiger partial charge in [0.2, 0.25) is 5.91 Å². The second kappa shape index (κ2) is 7.20. The van der Waals surface area contributed by atoms with Crippen LogP contribution in [0.15, 0.2) is 34.7 Å². The Morgan fingerprint density at radius 2 is 2.08 bits per heavy atom. The molecule has 1 aromatic carbocycles. The molecular weight excluding hydrogens is 366 g/mol. The average molecular weight is 384 g/mol. The van der Waals surface area contributed by atoms with Crippen LogP contribution in [0.5, 0.6) is 0 Å². The van der Waals surface area contributed by atoms with Gasteiger partial charge in [0.1, 0.15) is 5.01 Å². The SMILES string of the molecule is Cc1nnc(SCC(=O)N(c2ccccc2)[C@H]2CCS(=O)(=O)C2)s1. The van der Waals surface area contributed by atoms with E-state index in [-0.39, 0.29) is 29.2 Å². The first-order valence-electron chi connectivity index (χ1n) is 7.45. The lowest BCUT2D eigenvalue weighted by Crippen LogP contribution is -2.42. The second-order valence-corrected chi connectivity index (χ2v) is 10.2. The summed E-state index contributed by atoms with van der Waals surface area (Å²) in [5, 5.41) is 8.80. The van der Waals surface area contributed by atoms with Gasteiger partial charge in [-0.05, 0) is 25.5 Å². The number of sulfone groups is 1. The molecule has 9 heteroatoms. The number of benzene rings is 1. The third-order valence-corrected chi connectivity index (χ3v) is 7.41. The summed E-state index contributed by atoms with van der Waals surface area (Å²) < 4.78 is 24.4. The van der Waals surface area contributed by atoms with Crippen molar-refractivity contribution in [3.63, 3.8) is 0 Å². The Morgan fingerprint density at radius 1 is 1.33 bits per heavy atom. The zero-order valence-electron chi connectivity index (χ0n) is 13.1. The van der Waals surface area contributed by atoms with E-state index in [1.54, 1.807) is 4.90 Å². The van der Waals surface area contributed by atoms with E-state index in [1.807, 2.05) is 37.3 Å². The van der Waals surface area contributed by atoms with E-state index in [4.69, 9.17) is 0 Å². The average Bonchev–Trinajstić information content (AvgIpc) is 3.12. The highest BCUT2D eigenvalue weighted by Gasteiger charge is 2.35. The molecule has 2 aromatic rings. The number of carbonyl (C=O) groups excluding carboxylic acids is 1. The Morgan fingerprint density at radius 3 is 2.67 bits per heavy atom. The highest BCUT2D eigenvalue weighted by molar-refractivity contribution is 8.01. The summed E-state index contributed by atoms with van der Waals surface area (Å²) in [7, 11) is -3.07. The molecule has 0 bridgehead atoms. The highest BCUT2D eigenvalue weighted by atomic mass is 32.2. The molecule has 1 fully saturated rings. The molecule has 1 atom stereocenters. The summed E-state index contributed by atoms with van der Waals surface area (Å²) >= 11 is 2.78. The van der Waals surface area contributed by atoms with Crippen molar-refractivity contribution in [3.8, 4) is 0 Å². The first-order valence-corrected chi connectivity index (χ1v) is 11.1. The standard InChI is InChI=1S/C15H17N3O3S3/c1-11-16-17-15(23-11)22-9-14(19)18(12-5-3-2-4-6-12)13-7-8-24(20,21)10-13/h2-6,13H,7-10H2,1H3/t13-/m0/s1. The van der Waals surface area contributed by atoms with Crippen molar-refractivity contribution in [1.29, 1.82) is 0 Å². The molecule has 1 aliphatic rings. The van der Waals surface area contributed by atoms with Crippen molar-refractivity contribution in [2.45, 2.75) is 23.7 Å². The predicted molar refractivity (Wildman–Crippen MR) is 96.4 cm³/mol. The van der Waals surface area contributed by atoms with Crippen LogP contribution < -0.4 is 4.90 Å². The van der Waals surface area contributed by atoms with Crippen LogP contribution >= 0.6 is 23.1 Å². The Balaban J connectivity index is 1.77. The van der Waals surface area contributed by atoms with Crippen molar-refractivity contribution < 1.29 is 13.2 Å². The number of hydrogen-bond donors (Lipinski definition) is 0. The van der Waals surface area contributed by atoms with Gasteiger partial charge in [-0.2, -0.15) is 0 Å². The minimum absolute atomic E-state index is 0.0240. The summed E-state index contributed by atoms with van der Waals surface area (Å²) in [5.41, 5.74) is 0.735. The molecule has 24 heavy (non-hydrogen) atoms. The number of nitrogens with zero attached hydrogens (tertiary/aromatic N) is 3. The summed E-state index contributed by atoms with van der Waals surface area (Å²) in [6, 6.07) is 8.93. The van der Waals surface area contributed by atoms with Gasteiger partial charge in [-0.15, -0.1) is 10.2 Å². The fraction of sp³-hybridized carbons (Fsp3) is 0.400. The molecule has 0 spiro atoms. The van der Waals surface area contributed by atoms with E-state index in [2.05, 4.69) is 10.2 Å². The normalized spacial score (nSPS) is 19.3. The van der Waals surface area contributed by atoms with Crippen molar-refractivity contribution >= 4 is 44.5 Å². The van der Waals surface area contributed by atoms with E-state index in [9.17, 15) is 13.2 Å². The van der Waals surface area contributed by atoms with Crippen LogP contribution in [0.3, 0.4) is 0 Å². The molecule has 128 valence electrons. The van der Waals surface area contributed by atoms with Gasteiger partial charge in [0.15, 0.2) is 14.2 Å². The zero-order chi connectivity index (χ0) is 17.2. The monoisotopic (exact) mass is 383 g/mol. The van der Waals surface area contributed by atoms with Gasteiger partial charge >= 0.3 is 0 Å². The van der Waals surface area contributed by atoms with E-state index in [0.29, 0.717) is 6.42 Å². The predicted octanol–water partition coefficient (Wildman–Crippen LogP) is 2.16. The van der Waals surface area contributed by atoms with Crippen LogP contribution in [0, 0.1) is 6.92 Å². The number of carbonyl (C=O) groups is 1. The highest BCUT2D eigenvalue weighted by Crippen LogP contribution is 2.27. The Bertz CT molecular complexity index is 821. The summed E-state index contributed by atoms with van der Waals surface area (Å²) in [6.07, 6.45) is 0.478. The van der Waals surface area contributed by atoms with Crippen molar-refractivity contribution in [3.05, 3.63) is 35.3 Å². The van der Waals surface area contributed by atoms with Crippen LogP contribution in [0.1, 0.15) is 11.4 Å². The third-order valence-electron chi connectivity index (χ3n) is 3.70. The zero-order valence-corrected chi connectivity index (χ0v) is 15.5. The smallest absolute Gasteiger partial charge is 0.237 e. The maximum atomic E-state index is 12.8. The number of hydrogen-bond acceptors (Lipinski definition) is 7. The lowest BCUT2D eigenvalue weighted by molar-refractivity contribution is -0.116. The van der Waals surface area contributed by atoms with Gasteiger partial charge in [-0.1, -0.05) is 41.3 Å². The number of aromatic nitrogens is 2. The first-order chi connectivity index (χ1) is 11.4. The summed E-state index contributed by atoms with van der Waals surface area (Å²) in [5.74, 6) is 0.258. The quantitative estimate of drug-likeness (QED) is 0.736. The molecule has 0 N–H and O–H groups in total. The van der Waals surface area contributed by atoms with Gasteiger partial charge in [0.05, 0.1) is 23.3 Å². The van der Waals surface area contributed by atoms with Gasteiger partial charge in [0.25, 0.3) is 0 Å². The number of thioether (sulfide) groups is 1. The lowest BCUT2D eigenvalue weighted by Gasteiger charge is -2.28. The summed E-state index contributed by atoms with van der Waals surface area (Å²) in [4.78, 5) is 14.4. The maximum absolute atomic E-state index is 12.8. The molecule has 1 aliphatic heterocycles. The van der Waals surface area contributed by atoms with Crippen molar-refractivity contribution in [2.75, 3.05) is 22.2 Å². The molecule has 0 aliphatic carbocycles.